The minimum Gasteiger partial charge on any atom is -0.443 e. The van der Waals surface area contributed by atoms with Gasteiger partial charge in [0.05, 0.1) is 11.0 Å². The summed E-state index contributed by atoms with van der Waals surface area (Å²) in [4.78, 5) is 21.3. The van der Waals surface area contributed by atoms with Crippen LogP contribution >= 0.6 is 0 Å². The lowest BCUT2D eigenvalue weighted by Crippen LogP contribution is -2.43. The average molecular weight is 363 g/mol. The number of non-ortho nitro benzene ring substituents is 1. The van der Waals surface area contributed by atoms with E-state index in [0.717, 1.165) is 12.1 Å². The molecule has 0 aromatic heterocycles. The van der Waals surface area contributed by atoms with Crippen LogP contribution in [0.3, 0.4) is 0 Å². The van der Waals surface area contributed by atoms with Gasteiger partial charge in [0.2, 0.25) is 0 Å². The summed E-state index contributed by atoms with van der Waals surface area (Å²) in [6.45, 7) is 4.48. The number of benzene rings is 1. The number of halogens is 1. The van der Waals surface area contributed by atoms with Crippen molar-refractivity contribution >= 4 is 22.0 Å². The first-order chi connectivity index (χ1) is 11.0. The Labute approximate surface area is 138 Å². The summed E-state index contributed by atoms with van der Waals surface area (Å²) in [5, 5.41) is 10.5. The molecule has 0 aliphatic rings. The Kier molecular flexibility index (Phi) is 6.21. The van der Waals surface area contributed by atoms with E-state index in [1.165, 1.54) is 0 Å². The fourth-order valence-electron chi connectivity index (χ4n) is 1.46. The number of nitro benzene ring substituents is 1. The van der Waals surface area contributed by atoms with Gasteiger partial charge in [-0.2, -0.15) is 13.1 Å². The molecule has 1 rings (SSSR count). The molecule has 0 aliphatic heterocycles. The number of hydrogen-bond donors (Lipinski definition) is 2. The van der Waals surface area contributed by atoms with Gasteiger partial charge in [0.1, 0.15) is 11.4 Å². The molecule has 2 N–H and O–H groups in total. The molecule has 11 heteroatoms. The second kappa shape index (κ2) is 7.53. The van der Waals surface area contributed by atoms with E-state index in [9.17, 15) is 27.7 Å². The summed E-state index contributed by atoms with van der Waals surface area (Å²) in [5.41, 5.74) is -1.42. The largest absolute Gasteiger partial charge is 0.443 e. The highest BCUT2D eigenvalue weighted by Gasteiger charge is 2.24. The molecule has 0 saturated heterocycles. The first kappa shape index (κ1) is 19.8. The molecule has 134 valence electrons. The Morgan fingerprint density at radius 2 is 2.04 bits per heavy atom. The fourth-order valence-corrected chi connectivity index (χ4v) is 2.13. The zero-order valence-electron chi connectivity index (χ0n) is 13.3. The van der Waals surface area contributed by atoms with Crippen molar-refractivity contribution in [2.24, 2.45) is 0 Å². The molecular formula is C13H18FN3O6S. The van der Waals surface area contributed by atoms with Gasteiger partial charge in [-0.05, 0) is 26.3 Å². The van der Waals surface area contributed by atoms with Gasteiger partial charge in [-0.25, -0.2) is 13.9 Å². The van der Waals surface area contributed by atoms with Crippen molar-refractivity contribution in [1.82, 2.24) is 9.44 Å². The standard InChI is InChI=1S/C13H18FN3O6S/c1-4-13(2,3)23-12(18)16-24(21,22)15-8-9-5-6-10(17(19)20)7-11(9)14/h5-7,15H,4,8H2,1-3H3,(H,16,18). The summed E-state index contributed by atoms with van der Waals surface area (Å²) in [7, 11) is -4.28. The third-order valence-corrected chi connectivity index (χ3v) is 4.10. The monoisotopic (exact) mass is 363 g/mol. The fraction of sp³-hybridized carbons (Fsp3) is 0.462. The van der Waals surface area contributed by atoms with E-state index in [1.54, 1.807) is 25.5 Å². The van der Waals surface area contributed by atoms with E-state index in [2.05, 4.69) is 0 Å². The second-order valence-electron chi connectivity index (χ2n) is 5.46. The minimum absolute atomic E-state index is 0.117. The van der Waals surface area contributed by atoms with Crippen LogP contribution in [-0.2, 0) is 21.5 Å². The molecule has 0 radical (unpaired) electrons. The second-order valence-corrected chi connectivity index (χ2v) is 6.96. The van der Waals surface area contributed by atoms with Crippen LogP contribution in [0.15, 0.2) is 18.2 Å². The topological polar surface area (TPSA) is 128 Å². The maximum Gasteiger partial charge on any atom is 0.422 e. The first-order valence-corrected chi connectivity index (χ1v) is 8.37. The third kappa shape index (κ3) is 6.08. The molecule has 1 aromatic carbocycles. The van der Waals surface area contributed by atoms with Crippen molar-refractivity contribution in [2.45, 2.75) is 39.3 Å². The number of amides is 1. The highest BCUT2D eigenvalue weighted by Crippen LogP contribution is 2.16. The zero-order valence-corrected chi connectivity index (χ0v) is 14.1. The van der Waals surface area contributed by atoms with Gasteiger partial charge in [-0.1, -0.05) is 6.92 Å². The Morgan fingerprint density at radius 3 is 2.54 bits per heavy atom. The van der Waals surface area contributed by atoms with E-state index in [4.69, 9.17) is 4.74 Å². The molecule has 0 unspecified atom stereocenters. The number of carbonyl (C=O) groups excluding carboxylic acids is 1. The Bertz CT molecular complexity index is 735. The molecule has 0 fully saturated rings. The predicted octanol–water partition coefficient (Wildman–Crippen LogP) is 1.98. The molecule has 0 bridgehead atoms. The summed E-state index contributed by atoms with van der Waals surface area (Å²) < 4.78 is 45.6. The van der Waals surface area contributed by atoms with Gasteiger partial charge >= 0.3 is 16.3 Å². The molecule has 0 saturated carbocycles. The molecule has 1 aromatic rings. The number of nitrogens with zero attached hydrogens (tertiary/aromatic N) is 1. The summed E-state index contributed by atoms with van der Waals surface area (Å²) in [6.07, 6.45) is -0.694. The predicted molar refractivity (Wildman–Crippen MR) is 82.8 cm³/mol. The normalized spacial score (nSPS) is 11.8. The molecular weight excluding hydrogens is 345 g/mol. The van der Waals surface area contributed by atoms with E-state index in [0.29, 0.717) is 12.5 Å². The Hall–Kier alpha value is -2.27. The molecule has 1 amide bonds. The van der Waals surface area contributed by atoms with Gasteiger partial charge in [-0.3, -0.25) is 10.1 Å². The Morgan fingerprint density at radius 1 is 1.42 bits per heavy atom. The number of carbonyl (C=O) groups is 1. The van der Waals surface area contributed by atoms with Crippen molar-refractivity contribution in [2.75, 3.05) is 0 Å². The molecule has 0 atom stereocenters. The van der Waals surface area contributed by atoms with E-state index >= 15 is 0 Å². The van der Waals surface area contributed by atoms with Crippen molar-refractivity contribution in [3.63, 3.8) is 0 Å². The molecule has 9 nitrogen and oxygen atoms in total. The maximum atomic E-state index is 13.7. The van der Waals surface area contributed by atoms with Gasteiger partial charge < -0.3 is 4.74 Å². The smallest absolute Gasteiger partial charge is 0.422 e. The van der Waals surface area contributed by atoms with Crippen molar-refractivity contribution < 1.29 is 27.3 Å². The maximum absolute atomic E-state index is 13.7. The van der Waals surface area contributed by atoms with Crippen molar-refractivity contribution in [3.05, 3.63) is 39.7 Å². The number of hydrogen-bond acceptors (Lipinski definition) is 6. The molecule has 0 heterocycles. The number of ether oxygens (including phenoxy) is 1. The van der Waals surface area contributed by atoms with Gasteiger partial charge in [0.15, 0.2) is 0 Å². The molecule has 24 heavy (non-hydrogen) atoms. The summed E-state index contributed by atoms with van der Waals surface area (Å²) in [5.74, 6) is -0.943. The SMILES string of the molecule is CCC(C)(C)OC(=O)NS(=O)(=O)NCc1ccc([N+](=O)[O-])cc1F. The number of rotatable bonds is 7. The lowest BCUT2D eigenvalue weighted by molar-refractivity contribution is -0.385. The molecule has 0 aliphatic carbocycles. The van der Waals surface area contributed by atoms with E-state index < -0.39 is 44.9 Å². The molecule has 0 spiro atoms. The highest BCUT2D eigenvalue weighted by atomic mass is 32.2. The first-order valence-electron chi connectivity index (χ1n) is 6.89. The van der Waals surface area contributed by atoms with Gasteiger partial charge in [0, 0.05) is 18.2 Å². The van der Waals surface area contributed by atoms with Crippen LogP contribution in [0.1, 0.15) is 32.8 Å². The lowest BCUT2D eigenvalue weighted by Gasteiger charge is -2.23. The van der Waals surface area contributed by atoms with Gasteiger partial charge in [-0.15, -0.1) is 0 Å². The van der Waals surface area contributed by atoms with Gasteiger partial charge in [0.25, 0.3) is 5.69 Å². The van der Waals surface area contributed by atoms with Crippen LogP contribution in [0.5, 0.6) is 0 Å². The van der Waals surface area contributed by atoms with Crippen LogP contribution in [0.25, 0.3) is 0 Å². The van der Waals surface area contributed by atoms with Crippen LogP contribution in [0, 0.1) is 15.9 Å². The van der Waals surface area contributed by atoms with Crippen molar-refractivity contribution in [3.8, 4) is 0 Å². The van der Waals surface area contributed by atoms with Crippen LogP contribution in [0.2, 0.25) is 0 Å². The zero-order chi connectivity index (χ0) is 18.5. The lowest BCUT2D eigenvalue weighted by atomic mass is 10.1. The van der Waals surface area contributed by atoms with E-state index in [1.807, 2.05) is 4.72 Å². The third-order valence-electron chi connectivity index (χ3n) is 3.14. The van der Waals surface area contributed by atoms with Crippen LogP contribution in [-0.4, -0.2) is 25.0 Å². The van der Waals surface area contributed by atoms with Crippen molar-refractivity contribution in [1.29, 1.82) is 0 Å². The summed E-state index contributed by atoms with van der Waals surface area (Å²) >= 11 is 0. The van der Waals surface area contributed by atoms with Crippen LogP contribution < -0.4 is 9.44 Å². The highest BCUT2D eigenvalue weighted by molar-refractivity contribution is 7.88. The number of nitrogens with one attached hydrogen (secondary N) is 2. The quantitative estimate of drug-likeness (QED) is 0.563. The minimum atomic E-state index is -4.28. The van der Waals surface area contributed by atoms with Crippen LogP contribution in [0.4, 0.5) is 14.9 Å². The average Bonchev–Trinajstić information content (AvgIpc) is 2.44. The van der Waals surface area contributed by atoms with E-state index in [-0.39, 0.29) is 5.56 Å². The summed E-state index contributed by atoms with van der Waals surface area (Å²) in [6, 6.07) is 2.79. The number of nitro groups is 1. The Balaban J connectivity index is 2.69.